The molecule has 0 saturated carbocycles. The normalized spacial score (nSPS) is 11.8. The van der Waals surface area contributed by atoms with Gasteiger partial charge in [0.25, 0.3) is 0 Å². The Bertz CT molecular complexity index is 2530. The van der Waals surface area contributed by atoms with E-state index in [9.17, 15) is 0 Å². The van der Waals surface area contributed by atoms with Gasteiger partial charge in [0.15, 0.2) is 17.5 Å². The molecule has 6 heteroatoms. The highest BCUT2D eigenvalue weighted by atomic mass is 35.5. The van der Waals surface area contributed by atoms with E-state index in [1.165, 1.54) is 41.0 Å². The number of hydrogen-bond acceptors (Lipinski definition) is 5. The molecule has 3 heterocycles. The van der Waals surface area contributed by atoms with Crippen LogP contribution in [-0.4, -0.2) is 15.0 Å². The van der Waals surface area contributed by atoms with Gasteiger partial charge < -0.3 is 0 Å². The smallest absolute Gasteiger partial charge is 0.165 e. The fourth-order valence-electron chi connectivity index (χ4n) is 5.90. The van der Waals surface area contributed by atoms with Gasteiger partial charge in [-0.15, -0.1) is 22.7 Å². The maximum atomic E-state index is 7.02. The lowest BCUT2D eigenvalue weighted by Gasteiger charge is -2.10. The molecular weight excluding hydrogens is 586 g/mol. The van der Waals surface area contributed by atoms with Crippen LogP contribution in [0.3, 0.4) is 0 Å². The Morgan fingerprint density at radius 3 is 2.02 bits per heavy atom. The SMILES string of the molecule is Clc1cc2sc3c4ccccc4ccc3c2cc1-c1nc(-c2ccccc2)nc(-c2ccc3sc4ccccc4c3c2)n1. The van der Waals surface area contributed by atoms with Crippen molar-refractivity contribution in [3.8, 4) is 34.2 Å². The average molecular weight is 606 g/mol. The van der Waals surface area contributed by atoms with Gasteiger partial charge in [0.2, 0.25) is 0 Å². The second kappa shape index (κ2) is 9.68. The van der Waals surface area contributed by atoms with Crippen molar-refractivity contribution in [1.82, 2.24) is 15.0 Å². The van der Waals surface area contributed by atoms with Gasteiger partial charge in [0.1, 0.15) is 0 Å². The van der Waals surface area contributed by atoms with Crippen LogP contribution in [0.5, 0.6) is 0 Å². The van der Waals surface area contributed by atoms with Crippen LogP contribution in [-0.2, 0) is 0 Å². The van der Waals surface area contributed by atoms with Crippen molar-refractivity contribution < 1.29 is 0 Å². The number of aromatic nitrogens is 3. The molecule has 0 aliphatic rings. The third kappa shape index (κ3) is 4.04. The number of hydrogen-bond donors (Lipinski definition) is 0. The molecule has 0 fully saturated rings. The van der Waals surface area contributed by atoms with Crippen molar-refractivity contribution >= 4 is 85.4 Å². The first-order valence-corrected chi connectivity index (χ1v) is 16.0. The number of benzene rings is 6. The van der Waals surface area contributed by atoms with Gasteiger partial charge in [-0.3, -0.25) is 0 Å². The van der Waals surface area contributed by atoms with Gasteiger partial charge in [-0.1, -0.05) is 96.5 Å². The van der Waals surface area contributed by atoms with Gasteiger partial charge in [0, 0.05) is 57.0 Å². The van der Waals surface area contributed by atoms with Crippen LogP contribution in [0.4, 0.5) is 0 Å². The number of halogens is 1. The Kier molecular flexibility index (Phi) is 5.60. The summed E-state index contributed by atoms with van der Waals surface area (Å²) in [5.74, 6) is 1.80. The Morgan fingerprint density at radius 1 is 0.442 bits per heavy atom. The van der Waals surface area contributed by atoms with E-state index < -0.39 is 0 Å². The second-order valence-electron chi connectivity index (χ2n) is 10.6. The zero-order chi connectivity index (χ0) is 28.5. The van der Waals surface area contributed by atoms with Gasteiger partial charge in [0.05, 0.1) is 5.02 Å². The summed E-state index contributed by atoms with van der Waals surface area (Å²) in [6.45, 7) is 0. The molecule has 0 atom stereocenters. The van der Waals surface area contributed by atoms with Crippen LogP contribution in [0.2, 0.25) is 5.02 Å². The van der Waals surface area contributed by atoms with Crippen LogP contribution in [0, 0.1) is 0 Å². The molecule has 3 aromatic heterocycles. The van der Waals surface area contributed by atoms with Gasteiger partial charge in [-0.05, 0) is 47.2 Å². The van der Waals surface area contributed by atoms with Crippen LogP contribution in [0.25, 0.3) is 85.3 Å². The predicted octanol–water partition coefficient (Wildman–Crippen LogP) is 11.4. The Labute approximate surface area is 259 Å². The monoisotopic (exact) mass is 605 g/mol. The average Bonchev–Trinajstić information content (AvgIpc) is 3.62. The van der Waals surface area contributed by atoms with E-state index in [0.717, 1.165) is 26.8 Å². The lowest BCUT2D eigenvalue weighted by atomic mass is 10.0. The van der Waals surface area contributed by atoms with Crippen LogP contribution >= 0.6 is 34.3 Å². The maximum Gasteiger partial charge on any atom is 0.165 e. The molecule has 43 heavy (non-hydrogen) atoms. The van der Waals surface area contributed by atoms with Crippen molar-refractivity contribution in [2.24, 2.45) is 0 Å². The molecule has 0 unspecified atom stereocenters. The fourth-order valence-corrected chi connectivity index (χ4v) is 8.56. The summed E-state index contributed by atoms with van der Waals surface area (Å²) < 4.78 is 4.92. The van der Waals surface area contributed by atoms with E-state index in [2.05, 4.69) is 91.0 Å². The first-order chi connectivity index (χ1) is 21.2. The minimum Gasteiger partial charge on any atom is -0.208 e. The topological polar surface area (TPSA) is 38.7 Å². The zero-order valence-corrected chi connectivity index (χ0v) is 25.0. The summed E-state index contributed by atoms with van der Waals surface area (Å²) in [7, 11) is 0. The Balaban J connectivity index is 1.28. The highest BCUT2D eigenvalue weighted by molar-refractivity contribution is 7.27. The lowest BCUT2D eigenvalue weighted by Crippen LogP contribution is -2.00. The molecule has 9 aromatic rings. The molecular formula is C37H20ClN3S2. The van der Waals surface area contributed by atoms with Crippen LogP contribution in [0.15, 0.2) is 121 Å². The molecule has 0 spiro atoms. The number of thiophene rings is 2. The predicted molar refractivity (Wildman–Crippen MR) is 184 cm³/mol. The van der Waals surface area contributed by atoms with Gasteiger partial charge >= 0.3 is 0 Å². The van der Waals surface area contributed by atoms with E-state index in [4.69, 9.17) is 26.6 Å². The zero-order valence-electron chi connectivity index (χ0n) is 22.6. The molecule has 0 aliphatic heterocycles. The molecule has 0 amide bonds. The summed E-state index contributed by atoms with van der Waals surface area (Å²) in [6.07, 6.45) is 0. The Hall–Kier alpha value is -4.68. The van der Waals surface area contributed by atoms with E-state index >= 15 is 0 Å². The fraction of sp³-hybridized carbons (Fsp3) is 0. The first kappa shape index (κ1) is 24.9. The molecule has 9 rings (SSSR count). The highest BCUT2D eigenvalue weighted by Crippen LogP contribution is 2.43. The van der Waals surface area contributed by atoms with Crippen LogP contribution in [0.1, 0.15) is 0 Å². The van der Waals surface area contributed by atoms with Crippen molar-refractivity contribution in [3.63, 3.8) is 0 Å². The minimum atomic E-state index is 0.561. The largest absolute Gasteiger partial charge is 0.208 e. The molecule has 0 saturated heterocycles. The first-order valence-electron chi connectivity index (χ1n) is 14.0. The molecule has 0 bridgehead atoms. The standard InChI is InChI=1S/C37H20ClN3S2/c38-30-20-33-28(26-16-14-21-8-4-5-11-24(21)34(26)43-33)19-29(30)37-40-35(22-9-2-1-3-10-22)39-36(41-37)23-15-17-32-27(18-23)25-12-6-7-13-31(25)42-32/h1-20H. The van der Waals surface area contributed by atoms with E-state index in [1.54, 1.807) is 22.7 Å². The molecule has 0 N–H and O–H groups in total. The van der Waals surface area contributed by atoms with E-state index in [-0.39, 0.29) is 0 Å². The lowest BCUT2D eigenvalue weighted by molar-refractivity contribution is 1.08. The summed E-state index contributed by atoms with van der Waals surface area (Å²) in [6, 6.07) is 42.2. The van der Waals surface area contributed by atoms with Gasteiger partial charge in [-0.2, -0.15) is 0 Å². The van der Waals surface area contributed by atoms with Crippen molar-refractivity contribution in [3.05, 3.63) is 126 Å². The quantitative estimate of drug-likeness (QED) is 0.201. The van der Waals surface area contributed by atoms with Crippen molar-refractivity contribution in [1.29, 1.82) is 0 Å². The molecule has 202 valence electrons. The number of nitrogens with zero attached hydrogens (tertiary/aromatic N) is 3. The highest BCUT2D eigenvalue weighted by Gasteiger charge is 2.18. The maximum absolute atomic E-state index is 7.02. The molecule has 0 aliphatic carbocycles. The minimum absolute atomic E-state index is 0.561. The Morgan fingerprint density at radius 2 is 1.14 bits per heavy atom. The summed E-state index contributed by atoms with van der Waals surface area (Å²) in [4.78, 5) is 15.0. The second-order valence-corrected chi connectivity index (χ2v) is 13.1. The molecule has 0 radical (unpaired) electrons. The third-order valence-corrected chi connectivity index (χ3v) is 10.7. The molecule has 3 nitrogen and oxygen atoms in total. The van der Waals surface area contributed by atoms with Crippen molar-refractivity contribution in [2.45, 2.75) is 0 Å². The van der Waals surface area contributed by atoms with E-state index in [1.807, 2.05) is 30.3 Å². The summed E-state index contributed by atoms with van der Waals surface area (Å²) >= 11 is 10.6. The van der Waals surface area contributed by atoms with E-state index in [0.29, 0.717) is 22.5 Å². The summed E-state index contributed by atoms with van der Waals surface area (Å²) in [5, 5.41) is 7.93. The summed E-state index contributed by atoms with van der Waals surface area (Å²) in [5.41, 5.74) is 2.67. The van der Waals surface area contributed by atoms with Crippen molar-refractivity contribution in [2.75, 3.05) is 0 Å². The number of rotatable bonds is 3. The van der Waals surface area contributed by atoms with Crippen LogP contribution < -0.4 is 0 Å². The number of fused-ring (bicyclic) bond motifs is 8. The van der Waals surface area contributed by atoms with Gasteiger partial charge in [-0.25, -0.2) is 15.0 Å². The third-order valence-electron chi connectivity index (χ3n) is 7.99. The molecule has 6 aromatic carbocycles.